The standard InChI is InChI=1S/C15H28N2O4S/c1-11(8-22-5)7-16-15(6-12(18)19)9-17(10-15)13(20)21-14(2,3)4/h11,16H,6-10H2,1-5H3,(H,18,19). The van der Waals surface area contributed by atoms with Gasteiger partial charge in [0.05, 0.1) is 12.0 Å². The summed E-state index contributed by atoms with van der Waals surface area (Å²) in [7, 11) is 0. The van der Waals surface area contributed by atoms with Crippen LogP contribution in [0.5, 0.6) is 0 Å². The summed E-state index contributed by atoms with van der Waals surface area (Å²) in [6, 6.07) is 0. The number of rotatable bonds is 7. The molecule has 0 aliphatic carbocycles. The fourth-order valence-corrected chi connectivity index (χ4v) is 3.14. The van der Waals surface area contributed by atoms with Gasteiger partial charge in [-0.05, 0) is 45.2 Å². The molecule has 1 amide bonds. The highest BCUT2D eigenvalue weighted by atomic mass is 32.2. The fourth-order valence-electron chi connectivity index (χ4n) is 2.45. The van der Waals surface area contributed by atoms with E-state index >= 15 is 0 Å². The monoisotopic (exact) mass is 332 g/mol. The summed E-state index contributed by atoms with van der Waals surface area (Å²) in [4.78, 5) is 24.6. The number of hydrogen-bond donors (Lipinski definition) is 2. The summed E-state index contributed by atoms with van der Waals surface area (Å²) in [5.74, 6) is 0.622. The Morgan fingerprint density at radius 1 is 1.41 bits per heavy atom. The predicted molar refractivity (Wildman–Crippen MR) is 88.3 cm³/mol. The van der Waals surface area contributed by atoms with Crippen LogP contribution in [0.25, 0.3) is 0 Å². The number of likely N-dealkylation sites (tertiary alicyclic amines) is 1. The third-order valence-electron chi connectivity index (χ3n) is 3.41. The Kier molecular flexibility index (Phi) is 6.55. The van der Waals surface area contributed by atoms with Crippen LogP contribution in [0.1, 0.15) is 34.1 Å². The molecule has 0 bridgehead atoms. The van der Waals surface area contributed by atoms with Crippen LogP contribution in [0.15, 0.2) is 0 Å². The van der Waals surface area contributed by atoms with Gasteiger partial charge >= 0.3 is 12.1 Å². The van der Waals surface area contributed by atoms with Crippen molar-refractivity contribution in [3.05, 3.63) is 0 Å². The average Bonchev–Trinajstić information content (AvgIpc) is 2.29. The fraction of sp³-hybridized carbons (Fsp3) is 0.867. The molecule has 6 nitrogen and oxygen atoms in total. The number of amides is 1. The normalized spacial score (nSPS) is 18.5. The van der Waals surface area contributed by atoms with Crippen molar-refractivity contribution in [2.45, 2.75) is 45.3 Å². The van der Waals surface area contributed by atoms with Gasteiger partial charge in [-0.2, -0.15) is 11.8 Å². The lowest BCUT2D eigenvalue weighted by atomic mass is 9.86. The Balaban J connectivity index is 2.55. The Labute approximate surface area is 137 Å². The summed E-state index contributed by atoms with van der Waals surface area (Å²) in [6.07, 6.45) is 1.68. The first-order valence-electron chi connectivity index (χ1n) is 7.50. The molecule has 1 unspecified atom stereocenters. The van der Waals surface area contributed by atoms with Crippen LogP contribution in [0.2, 0.25) is 0 Å². The molecule has 1 fully saturated rings. The highest BCUT2D eigenvalue weighted by Gasteiger charge is 2.47. The van der Waals surface area contributed by atoms with E-state index in [-0.39, 0.29) is 12.5 Å². The van der Waals surface area contributed by atoms with E-state index in [1.807, 2.05) is 20.8 Å². The predicted octanol–water partition coefficient (Wildman–Crippen LogP) is 2.04. The lowest BCUT2D eigenvalue weighted by molar-refractivity contribution is -0.141. The zero-order chi connectivity index (χ0) is 17.0. The number of aliphatic carboxylic acids is 1. The SMILES string of the molecule is CSCC(C)CNC1(CC(=O)O)CN(C(=O)OC(C)(C)C)C1. The minimum atomic E-state index is -0.853. The van der Waals surface area contributed by atoms with E-state index in [9.17, 15) is 9.59 Å². The maximum absolute atomic E-state index is 12.0. The number of carboxylic acids is 1. The van der Waals surface area contributed by atoms with Gasteiger partial charge in [0, 0.05) is 13.1 Å². The molecule has 0 aromatic heterocycles. The first-order chi connectivity index (χ1) is 10.1. The van der Waals surface area contributed by atoms with Crippen LogP contribution < -0.4 is 5.32 Å². The summed E-state index contributed by atoms with van der Waals surface area (Å²) in [5, 5.41) is 12.5. The molecular weight excluding hydrogens is 304 g/mol. The number of hydrogen-bond acceptors (Lipinski definition) is 5. The van der Waals surface area contributed by atoms with Crippen LogP contribution in [-0.4, -0.2) is 64.9 Å². The minimum Gasteiger partial charge on any atom is -0.481 e. The Morgan fingerprint density at radius 2 is 2.00 bits per heavy atom. The van der Waals surface area contributed by atoms with Crippen molar-refractivity contribution in [2.75, 3.05) is 31.6 Å². The molecule has 1 atom stereocenters. The van der Waals surface area contributed by atoms with Crippen LogP contribution in [-0.2, 0) is 9.53 Å². The quantitative estimate of drug-likeness (QED) is 0.743. The van der Waals surface area contributed by atoms with Crippen molar-refractivity contribution in [3.8, 4) is 0 Å². The molecule has 128 valence electrons. The molecule has 1 saturated heterocycles. The van der Waals surface area contributed by atoms with Crippen LogP contribution in [0, 0.1) is 5.92 Å². The second kappa shape index (κ2) is 7.55. The Bertz CT molecular complexity index is 403. The third kappa shape index (κ3) is 6.04. The zero-order valence-corrected chi connectivity index (χ0v) is 15.0. The molecule has 0 saturated carbocycles. The molecule has 7 heteroatoms. The van der Waals surface area contributed by atoms with E-state index in [0.717, 1.165) is 12.3 Å². The number of carbonyl (C=O) groups is 2. The van der Waals surface area contributed by atoms with E-state index < -0.39 is 17.1 Å². The molecule has 1 aliphatic rings. The highest BCUT2D eigenvalue weighted by molar-refractivity contribution is 7.98. The number of nitrogens with one attached hydrogen (secondary N) is 1. The summed E-state index contributed by atoms with van der Waals surface area (Å²) >= 11 is 1.77. The van der Waals surface area contributed by atoms with E-state index in [0.29, 0.717) is 19.0 Å². The van der Waals surface area contributed by atoms with Gasteiger partial charge < -0.3 is 20.1 Å². The second-order valence-electron chi connectivity index (χ2n) is 7.13. The minimum absolute atomic E-state index is 0.0122. The summed E-state index contributed by atoms with van der Waals surface area (Å²) < 4.78 is 5.31. The first-order valence-corrected chi connectivity index (χ1v) is 8.90. The molecular formula is C15H28N2O4S. The van der Waals surface area contributed by atoms with E-state index in [1.165, 1.54) is 0 Å². The summed E-state index contributed by atoms with van der Waals surface area (Å²) in [6.45, 7) is 9.07. The van der Waals surface area contributed by atoms with Gasteiger partial charge in [-0.25, -0.2) is 4.79 Å². The van der Waals surface area contributed by atoms with E-state index in [2.05, 4.69) is 18.5 Å². The van der Waals surface area contributed by atoms with Gasteiger partial charge in [-0.3, -0.25) is 4.79 Å². The largest absolute Gasteiger partial charge is 0.481 e. The van der Waals surface area contributed by atoms with Crippen molar-refractivity contribution in [1.82, 2.24) is 10.2 Å². The number of thioether (sulfide) groups is 1. The van der Waals surface area contributed by atoms with Crippen LogP contribution in [0.4, 0.5) is 4.79 Å². The second-order valence-corrected chi connectivity index (χ2v) is 8.04. The van der Waals surface area contributed by atoms with Gasteiger partial charge in [0.2, 0.25) is 0 Å². The lowest BCUT2D eigenvalue weighted by Crippen LogP contribution is -2.71. The van der Waals surface area contributed by atoms with Gasteiger partial charge in [-0.1, -0.05) is 6.92 Å². The van der Waals surface area contributed by atoms with Crippen molar-refractivity contribution >= 4 is 23.8 Å². The van der Waals surface area contributed by atoms with Crippen molar-refractivity contribution < 1.29 is 19.4 Å². The van der Waals surface area contributed by atoms with Crippen LogP contribution >= 0.6 is 11.8 Å². The topological polar surface area (TPSA) is 78.9 Å². The molecule has 1 rings (SSSR count). The number of ether oxygens (including phenoxy) is 1. The van der Waals surface area contributed by atoms with Crippen molar-refractivity contribution in [1.29, 1.82) is 0 Å². The molecule has 0 radical (unpaired) electrons. The van der Waals surface area contributed by atoms with Gasteiger partial charge in [0.1, 0.15) is 5.60 Å². The van der Waals surface area contributed by atoms with E-state index in [1.54, 1.807) is 16.7 Å². The first kappa shape index (κ1) is 19.1. The maximum Gasteiger partial charge on any atom is 0.410 e. The molecule has 22 heavy (non-hydrogen) atoms. The molecule has 0 aromatic carbocycles. The third-order valence-corrected chi connectivity index (χ3v) is 4.31. The summed E-state index contributed by atoms with van der Waals surface area (Å²) in [5.41, 5.74) is -1.07. The molecule has 1 aliphatic heterocycles. The van der Waals surface area contributed by atoms with Gasteiger partial charge in [-0.15, -0.1) is 0 Å². The Morgan fingerprint density at radius 3 is 2.45 bits per heavy atom. The zero-order valence-electron chi connectivity index (χ0n) is 14.1. The molecule has 0 aromatic rings. The maximum atomic E-state index is 12.0. The number of carbonyl (C=O) groups excluding carboxylic acids is 1. The molecule has 0 spiro atoms. The number of nitrogens with zero attached hydrogens (tertiary/aromatic N) is 1. The smallest absolute Gasteiger partial charge is 0.410 e. The van der Waals surface area contributed by atoms with Gasteiger partial charge in [0.15, 0.2) is 0 Å². The van der Waals surface area contributed by atoms with Gasteiger partial charge in [0.25, 0.3) is 0 Å². The highest BCUT2D eigenvalue weighted by Crippen LogP contribution is 2.27. The van der Waals surface area contributed by atoms with Crippen LogP contribution in [0.3, 0.4) is 0 Å². The average molecular weight is 332 g/mol. The number of carboxylic acid groups (broad SMARTS) is 1. The molecule has 1 heterocycles. The molecule has 2 N–H and O–H groups in total. The van der Waals surface area contributed by atoms with E-state index in [4.69, 9.17) is 9.84 Å². The Hall–Kier alpha value is -0.950. The lowest BCUT2D eigenvalue weighted by Gasteiger charge is -2.50. The van der Waals surface area contributed by atoms with Crippen molar-refractivity contribution in [3.63, 3.8) is 0 Å². The van der Waals surface area contributed by atoms with Crippen molar-refractivity contribution in [2.24, 2.45) is 5.92 Å².